The van der Waals surface area contributed by atoms with Gasteiger partial charge in [0.05, 0.1) is 29.4 Å². The summed E-state index contributed by atoms with van der Waals surface area (Å²) in [6, 6.07) is 38.3. The molecule has 188 valence electrons. The monoisotopic (exact) mass is 546 g/mol. The van der Waals surface area contributed by atoms with Crippen LogP contribution in [-0.2, 0) is 21.2 Å². The van der Waals surface area contributed by atoms with Crippen molar-refractivity contribution in [2.24, 2.45) is 0 Å². The van der Waals surface area contributed by atoms with Crippen LogP contribution in [0, 0.1) is 7.43 Å². The molecular formula is C31H29CoN3OSi-. The van der Waals surface area contributed by atoms with Crippen molar-refractivity contribution in [3.8, 4) is 22.8 Å². The van der Waals surface area contributed by atoms with Crippen molar-refractivity contribution < 1.29 is 21.2 Å². The number of hydrogen-bond acceptors (Lipinski definition) is 4. The molecule has 0 saturated heterocycles. The van der Waals surface area contributed by atoms with Gasteiger partial charge in [-0.1, -0.05) is 84.9 Å². The minimum atomic E-state index is -1.13. The zero-order valence-electron chi connectivity index (χ0n) is 20.7. The molecule has 5 aromatic rings. The molecule has 2 aromatic carbocycles. The van der Waals surface area contributed by atoms with Crippen LogP contribution in [0.1, 0.15) is 0 Å². The van der Waals surface area contributed by atoms with Crippen LogP contribution in [0.4, 0.5) is 0 Å². The van der Waals surface area contributed by atoms with Crippen molar-refractivity contribution in [2.75, 3.05) is 6.61 Å². The van der Waals surface area contributed by atoms with Gasteiger partial charge in [0.2, 0.25) is 0 Å². The second-order valence-corrected chi connectivity index (χ2v) is 9.60. The van der Waals surface area contributed by atoms with E-state index in [1.807, 2.05) is 66.7 Å². The van der Waals surface area contributed by atoms with Gasteiger partial charge in [0.15, 0.2) is 0 Å². The normalized spacial score (nSPS) is 9.76. The molecule has 6 heteroatoms. The Morgan fingerprint density at radius 3 is 1.43 bits per heavy atom. The van der Waals surface area contributed by atoms with E-state index in [0.717, 1.165) is 22.8 Å². The third-order valence-electron chi connectivity index (χ3n) is 5.02. The number of nitrogens with zero attached hydrogens (tertiary/aromatic N) is 3. The Kier molecular flexibility index (Phi) is 12.9. The van der Waals surface area contributed by atoms with Crippen LogP contribution < -0.4 is 10.4 Å². The molecule has 0 unspecified atom stereocenters. The van der Waals surface area contributed by atoms with Gasteiger partial charge in [0.25, 0.3) is 9.04 Å². The summed E-state index contributed by atoms with van der Waals surface area (Å²) < 4.78 is 5.95. The number of hydrogen-bond donors (Lipinski definition) is 0. The topological polar surface area (TPSA) is 47.9 Å². The molecule has 0 saturated carbocycles. The van der Waals surface area contributed by atoms with Crippen LogP contribution in [0.2, 0.25) is 0 Å². The fourth-order valence-electron chi connectivity index (χ4n) is 3.40. The number of benzene rings is 2. The molecule has 0 spiro atoms. The van der Waals surface area contributed by atoms with Crippen LogP contribution in [0.3, 0.4) is 0 Å². The van der Waals surface area contributed by atoms with Gasteiger partial charge in [-0.05, 0) is 46.8 Å². The molecular weight excluding hydrogens is 517 g/mol. The average molecular weight is 547 g/mol. The smallest absolute Gasteiger partial charge is 0.283 e. The van der Waals surface area contributed by atoms with E-state index < -0.39 is 9.04 Å². The van der Waals surface area contributed by atoms with E-state index in [4.69, 9.17) is 4.43 Å². The third kappa shape index (κ3) is 8.73. The van der Waals surface area contributed by atoms with Crippen molar-refractivity contribution >= 4 is 19.4 Å². The zero-order valence-corrected chi connectivity index (χ0v) is 22.7. The molecule has 3 heterocycles. The Bertz CT molecular complexity index is 1210. The van der Waals surface area contributed by atoms with Gasteiger partial charge in [-0.2, -0.15) is 0 Å². The fraction of sp³-hybridized carbons (Fsp3) is 0.0323. The van der Waals surface area contributed by atoms with E-state index in [1.165, 1.54) is 10.4 Å². The molecule has 0 aliphatic rings. The predicted octanol–water partition coefficient (Wildman–Crippen LogP) is 5.65. The second-order valence-electron chi connectivity index (χ2n) is 7.50. The largest absolute Gasteiger partial charge is 0.404 e. The third-order valence-corrected chi connectivity index (χ3v) is 7.19. The number of pyridine rings is 3. The summed E-state index contributed by atoms with van der Waals surface area (Å²) in [4.78, 5) is 13.2. The van der Waals surface area contributed by atoms with Gasteiger partial charge in [0.1, 0.15) is 0 Å². The van der Waals surface area contributed by atoms with Gasteiger partial charge in [0, 0.05) is 29.2 Å². The van der Waals surface area contributed by atoms with E-state index in [1.54, 1.807) is 18.5 Å². The van der Waals surface area contributed by atoms with Crippen molar-refractivity contribution in [3.05, 3.63) is 148 Å². The minimum absolute atomic E-state index is 0. The van der Waals surface area contributed by atoms with Crippen molar-refractivity contribution in [1.29, 1.82) is 0 Å². The molecule has 3 aromatic heterocycles. The standard InChI is InChI=1S/C15H11N3.C15H15OSi.CH3.Co/c1-3-10-16-12(6-1)14-8-5-9-15(18-14)13-7-2-4-11-17-13;1-2-13-16-17(14-9-5-3-6-10-14)15-11-7-4-8-12-15;;/h1-11H;2-12H,1,13H2;1H3;/q;;-1;. The second kappa shape index (κ2) is 16.1. The van der Waals surface area contributed by atoms with E-state index in [-0.39, 0.29) is 24.2 Å². The molecule has 2 radical (unpaired) electrons. The Hall–Kier alpha value is -3.69. The first kappa shape index (κ1) is 29.5. The van der Waals surface area contributed by atoms with Gasteiger partial charge in [-0.25, -0.2) is 4.98 Å². The molecule has 0 N–H and O–H groups in total. The Balaban J connectivity index is 0.000000247. The first-order chi connectivity index (χ1) is 17.3. The first-order valence-corrected chi connectivity index (χ1v) is 12.8. The molecule has 0 amide bonds. The molecule has 37 heavy (non-hydrogen) atoms. The van der Waals surface area contributed by atoms with E-state index in [2.05, 4.69) is 70.1 Å². The molecule has 4 nitrogen and oxygen atoms in total. The number of aromatic nitrogens is 3. The maximum absolute atomic E-state index is 5.95. The summed E-state index contributed by atoms with van der Waals surface area (Å²) >= 11 is 0. The van der Waals surface area contributed by atoms with E-state index in [9.17, 15) is 0 Å². The van der Waals surface area contributed by atoms with Crippen LogP contribution in [0.25, 0.3) is 22.8 Å². The van der Waals surface area contributed by atoms with E-state index in [0.29, 0.717) is 6.61 Å². The predicted molar refractivity (Wildman–Crippen MR) is 151 cm³/mol. The molecule has 0 aliphatic carbocycles. The summed E-state index contributed by atoms with van der Waals surface area (Å²) in [5.74, 6) is 0. The first-order valence-electron chi connectivity index (χ1n) is 11.4. The summed E-state index contributed by atoms with van der Waals surface area (Å²) in [6.07, 6.45) is 5.34. The maximum atomic E-state index is 5.95. The average Bonchev–Trinajstić information content (AvgIpc) is 2.96. The van der Waals surface area contributed by atoms with Gasteiger partial charge in [-0.15, -0.1) is 6.58 Å². The van der Waals surface area contributed by atoms with Crippen molar-refractivity contribution in [1.82, 2.24) is 15.0 Å². The SMILES string of the molecule is C=CCO[Si](c1ccccc1)c1ccccc1.[CH3-].[Co].c1ccc(-c2cccc(-c3ccccn3)n2)nc1. The minimum Gasteiger partial charge on any atom is -0.404 e. The molecule has 0 bridgehead atoms. The Labute approximate surface area is 232 Å². The van der Waals surface area contributed by atoms with E-state index >= 15 is 0 Å². The molecule has 0 atom stereocenters. The molecule has 0 aliphatic heterocycles. The van der Waals surface area contributed by atoms with Crippen LogP contribution in [-0.4, -0.2) is 30.6 Å². The zero-order chi connectivity index (χ0) is 24.1. The summed E-state index contributed by atoms with van der Waals surface area (Å²) in [5.41, 5.74) is 3.46. The maximum Gasteiger partial charge on any atom is 0.283 e. The van der Waals surface area contributed by atoms with Crippen LogP contribution >= 0.6 is 0 Å². The Morgan fingerprint density at radius 1 is 0.595 bits per heavy atom. The van der Waals surface area contributed by atoms with Crippen molar-refractivity contribution in [3.63, 3.8) is 0 Å². The number of rotatable bonds is 7. The van der Waals surface area contributed by atoms with Crippen LogP contribution in [0.15, 0.2) is 140 Å². The van der Waals surface area contributed by atoms with Gasteiger partial charge in [-0.3, -0.25) is 9.97 Å². The van der Waals surface area contributed by atoms with Gasteiger partial charge >= 0.3 is 0 Å². The summed E-state index contributed by atoms with van der Waals surface area (Å²) in [5, 5.41) is 2.54. The molecule has 0 fully saturated rings. The van der Waals surface area contributed by atoms with Gasteiger partial charge < -0.3 is 11.9 Å². The summed E-state index contributed by atoms with van der Waals surface area (Å²) in [7, 11) is -1.13. The fourth-order valence-corrected chi connectivity index (χ4v) is 5.34. The Morgan fingerprint density at radius 2 is 1.03 bits per heavy atom. The summed E-state index contributed by atoms with van der Waals surface area (Å²) in [6.45, 7) is 4.31. The molecule has 5 rings (SSSR count). The van der Waals surface area contributed by atoms with Crippen molar-refractivity contribution in [2.45, 2.75) is 0 Å². The van der Waals surface area contributed by atoms with Crippen LogP contribution in [0.5, 0.6) is 0 Å². The quantitative estimate of drug-likeness (QED) is 0.150.